The van der Waals surface area contributed by atoms with Gasteiger partial charge in [-0.15, -0.1) is 6.58 Å². The van der Waals surface area contributed by atoms with Crippen molar-refractivity contribution in [1.29, 1.82) is 0 Å². The molecule has 3 fully saturated rings. The fourth-order valence-electron chi connectivity index (χ4n) is 7.54. The second-order valence-electron chi connectivity index (χ2n) is 15.7. The standard InChI is InChI=1S/C46H52Cl6N2O15/c1-4-20-60-41-34(54-44(57)64-26-46(50,51)52)38(65-27(2)39(55)58-3)36(31(66-41)23-59-21-28-14-8-5-9-15-28)69-42-33(53-43(56)63-25-45(47,48)49)37(61-22-29-16-10-6-11-17-29)35-32(67-42)24-62-40(68-35)30-18-12-7-13-19-30/h4-19,27,31-38,40-42H,1,20-26H2,2-3H3,(H,53,56)(H,54,57)/t27?,31-,32-,33-,34-,35-,36-,37-,38-,40?,41+,42+/m1/s1. The number of nitrogens with one attached hydrogen (secondary N) is 2. The Bertz CT molecular complexity index is 2080. The van der Waals surface area contributed by atoms with E-state index in [4.69, 9.17) is 126 Å². The third-order valence-electron chi connectivity index (χ3n) is 10.6. The number of hydrogen-bond donors (Lipinski definition) is 2. The first-order chi connectivity index (χ1) is 33.0. The zero-order valence-electron chi connectivity index (χ0n) is 37.2. The highest BCUT2D eigenvalue weighted by Crippen LogP contribution is 2.39. The summed E-state index contributed by atoms with van der Waals surface area (Å²) in [6.07, 6.45) is -12.7. The van der Waals surface area contributed by atoms with E-state index in [-0.39, 0.29) is 33.0 Å². The molecule has 0 aliphatic carbocycles. The largest absolute Gasteiger partial charge is 0.467 e. The lowest BCUT2D eigenvalue weighted by atomic mass is 9.93. The smallest absolute Gasteiger partial charge is 0.407 e. The summed E-state index contributed by atoms with van der Waals surface area (Å²) in [6.45, 7) is 3.69. The van der Waals surface area contributed by atoms with Crippen molar-refractivity contribution in [2.75, 3.05) is 40.1 Å². The Morgan fingerprint density at radius 3 is 1.87 bits per heavy atom. The third kappa shape index (κ3) is 16.9. The van der Waals surface area contributed by atoms with Crippen molar-refractivity contribution in [1.82, 2.24) is 10.6 Å². The molecule has 378 valence electrons. The molecule has 3 aromatic rings. The fourth-order valence-corrected chi connectivity index (χ4v) is 7.86. The third-order valence-corrected chi connectivity index (χ3v) is 11.3. The Morgan fingerprint density at radius 1 is 0.739 bits per heavy atom. The van der Waals surface area contributed by atoms with Crippen LogP contribution in [0.3, 0.4) is 0 Å². The van der Waals surface area contributed by atoms with Gasteiger partial charge in [0.15, 0.2) is 25.0 Å². The molecule has 0 spiro atoms. The number of carbonyl (C=O) groups is 3. The van der Waals surface area contributed by atoms with Crippen LogP contribution in [0.2, 0.25) is 0 Å². The Morgan fingerprint density at radius 2 is 1.30 bits per heavy atom. The lowest BCUT2D eigenvalue weighted by Crippen LogP contribution is -2.71. The van der Waals surface area contributed by atoms with Gasteiger partial charge in [-0.1, -0.05) is 167 Å². The molecule has 3 heterocycles. The number of esters is 1. The molecule has 3 saturated heterocycles. The van der Waals surface area contributed by atoms with Crippen LogP contribution < -0.4 is 10.6 Å². The fraction of sp³-hybridized carbons (Fsp3) is 0.500. The molecule has 23 heteroatoms. The van der Waals surface area contributed by atoms with E-state index >= 15 is 0 Å². The Labute approximate surface area is 429 Å². The molecular weight excluding hydrogens is 1030 g/mol. The summed E-state index contributed by atoms with van der Waals surface area (Å²) >= 11 is 35.7. The zero-order chi connectivity index (χ0) is 49.6. The first-order valence-electron chi connectivity index (χ1n) is 21.5. The minimum Gasteiger partial charge on any atom is -0.467 e. The second kappa shape index (κ2) is 26.5. The summed E-state index contributed by atoms with van der Waals surface area (Å²) in [6, 6.07) is 25.1. The summed E-state index contributed by atoms with van der Waals surface area (Å²) in [5.41, 5.74) is 2.32. The molecule has 3 aliphatic heterocycles. The van der Waals surface area contributed by atoms with Gasteiger partial charge in [-0.2, -0.15) is 0 Å². The van der Waals surface area contributed by atoms with Gasteiger partial charge in [-0.3, -0.25) is 0 Å². The average molecular weight is 1090 g/mol. The van der Waals surface area contributed by atoms with Crippen LogP contribution in [0.15, 0.2) is 104 Å². The monoisotopic (exact) mass is 1080 g/mol. The normalized spacial score (nSPS) is 27.5. The number of hydrogen-bond acceptors (Lipinski definition) is 15. The predicted octanol–water partition coefficient (Wildman–Crippen LogP) is 7.82. The summed E-state index contributed by atoms with van der Waals surface area (Å²) in [4.78, 5) is 40.4. The number of halogens is 6. The SMILES string of the molecule is C=CCO[C@H]1O[C@H](COCc2ccccc2)[C@@H](O[C@@H]2O[C@@H]3COC(c4ccccc4)O[C@H]3[C@H](OCc3ccccc3)[C@H]2NC(=O)OCC(Cl)(Cl)Cl)[C@H](OC(C)C(=O)OC)[C@H]1NC(=O)OCC(Cl)(Cl)Cl. The molecule has 6 rings (SSSR count). The van der Waals surface area contributed by atoms with Crippen molar-refractivity contribution >= 4 is 87.8 Å². The maximum Gasteiger partial charge on any atom is 0.407 e. The van der Waals surface area contributed by atoms with E-state index < -0.39 is 113 Å². The quantitative estimate of drug-likeness (QED) is 0.0483. The summed E-state index contributed by atoms with van der Waals surface area (Å²) in [5, 5.41) is 5.46. The minimum atomic E-state index is -1.98. The van der Waals surface area contributed by atoms with Crippen molar-refractivity contribution in [3.8, 4) is 0 Å². The highest BCUT2D eigenvalue weighted by atomic mass is 35.6. The summed E-state index contributed by atoms with van der Waals surface area (Å²) in [7, 11) is 1.18. The Balaban J connectivity index is 1.43. The van der Waals surface area contributed by atoms with E-state index in [2.05, 4.69) is 17.2 Å². The van der Waals surface area contributed by atoms with Gasteiger partial charge in [-0.05, 0) is 18.1 Å². The van der Waals surface area contributed by atoms with E-state index in [9.17, 15) is 14.4 Å². The zero-order valence-corrected chi connectivity index (χ0v) is 41.7. The molecule has 17 nitrogen and oxygen atoms in total. The second-order valence-corrected chi connectivity index (χ2v) is 20.8. The molecule has 0 radical (unpaired) electrons. The average Bonchev–Trinajstić information content (AvgIpc) is 3.33. The minimum absolute atomic E-state index is 0.0263. The number of alkyl halides is 6. The first-order valence-corrected chi connectivity index (χ1v) is 23.8. The topological polar surface area (TPSA) is 186 Å². The Kier molecular flexibility index (Phi) is 21.1. The van der Waals surface area contributed by atoms with E-state index in [1.54, 1.807) is 0 Å². The van der Waals surface area contributed by atoms with E-state index in [1.165, 1.54) is 20.1 Å². The van der Waals surface area contributed by atoms with Crippen LogP contribution >= 0.6 is 69.6 Å². The van der Waals surface area contributed by atoms with Crippen LogP contribution in [-0.2, 0) is 74.9 Å². The predicted molar refractivity (Wildman–Crippen MR) is 253 cm³/mol. The number of alkyl carbamates (subject to hydrolysis) is 2. The van der Waals surface area contributed by atoms with Crippen molar-refractivity contribution in [2.45, 2.75) is 101 Å². The highest BCUT2D eigenvalue weighted by molar-refractivity contribution is 6.68. The molecular formula is C46H52Cl6N2O15. The Hall–Kier alpha value is -3.21. The van der Waals surface area contributed by atoms with Crippen LogP contribution in [0.1, 0.15) is 29.9 Å². The van der Waals surface area contributed by atoms with Crippen molar-refractivity contribution in [3.05, 3.63) is 120 Å². The first kappa shape index (κ1) is 55.1. The lowest BCUT2D eigenvalue weighted by molar-refractivity contribution is -0.371. The molecule has 2 N–H and O–H groups in total. The number of amides is 2. The molecule has 0 aromatic heterocycles. The van der Waals surface area contributed by atoms with Gasteiger partial charge in [0.05, 0.1) is 40.1 Å². The summed E-state index contributed by atoms with van der Waals surface area (Å²) in [5.74, 6) is -0.787. The number of benzene rings is 3. The molecule has 2 unspecified atom stereocenters. The van der Waals surface area contributed by atoms with Crippen molar-refractivity contribution in [3.63, 3.8) is 0 Å². The van der Waals surface area contributed by atoms with Gasteiger partial charge in [-0.25, -0.2) is 14.4 Å². The maximum atomic E-state index is 13.8. The molecule has 0 saturated carbocycles. The summed E-state index contributed by atoms with van der Waals surface area (Å²) < 4.78 is 70.2. The van der Waals surface area contributed by atoms with Crippen LogP contribution in [-0.4, -0.2) is 133 Å². The van der Waals surface area contributed by atoms with Crippen LogP contribution in [0.5, 0.6) is 0 Å². The molecule has 3 aliphatic rings. The van der Waals surface area contributed by atoms with Crippen LogP contribution in [0.4, 0.5) is 9.59 Å². The van der Waals surface area contributed by atoms with Crippen LogP contribution in [0.25, 0.3) is 0 Å². The number of fused-ring (bicyclic) bond motifs is 1. The lowest BCUT2D eigenvalue weighted by Gasteiger charge is -2.52. The van der Waals surface area contributed by atoms with Crippen molar-refractivity contribution < 1.29 is 71.2 Å². The number of carbonyl (C=O) groups excluding carboxylic acids is 3. The molecule has 3 aromatic carbocycles. The van der Waals surface area contributed by atoms with E-state index in [0.29, 0.717) is 5.56 Å². The van der Waals surface area contributed by atoms with E-state index in [1.807, 2.05) is 91.0 Å². The highest BCUT2D eigenvalue weighted by Gasteiger charge is 2.56. The van der Waals surface area contributed by atoms with Gasteiger partial charge in [0, 0.05) is 5.56 Å². The van der Waals surface area contributed by atoms with Gasteiger partial charge in [0.2, 0.25) is 7.59 Å². The van der Waals surface area contributed by atoms with Gasteiger partial charge >= 0.3 is 18.2 Å². The molecule has 12 atom stereocenters. The van der Waals surface area contributed by atoms with Gasteiger partial charge in [0.1, 0.15) is 61.9 Å². The van der Waals surface area contributed by atoms with Gasteiger partial charge < -0.3 is 67.5 Å². The number of methoxy groups -OCH3 is 1. The van der Waals surface area contributed by atoms with Crippen molar-refractivity contribution in [2.24, 2.45) is 0 Å². The number of ether oxygens (including phenoxy) is 12. The molecule has 0 bridgehead atoms. The van der Waals surface area contributed by atoms with Crippen LogP contribution in [0, 0.1) is 0 Å². The van der Waals surface area contributed by atoms with Gasteiger partial charge in [0.25, 0.3) is 0 Å². The molecule has 2 amide bonds. The molecule has 69 heavy (non-hydrogen) atoms. The number of rotatable bonds is 20. The van der Waals surface area contributed by atoms with E-state index in [0.717, 1.165) is 11.1 Å². The maximum absolute atomic E-state index is 13.8.